The van der Waals surface area contributed by atoms with Gasteiger partial charge in [-0.1, -0.05) is 24.3 Å². The van der Waals surface area contributed by atoms with Gasteiger partial charge in [0.2, 0.25) is 0 Å². The van der Waals surface area contributed by atoms with Gasteiger partial charge < -0.3 is 15.2 Å². The summed E-state index contributed by atoms with van der Waals surface area (Å²) in [6.07, 6.45) is 3.36. The highest BCUT2D eigenvalue weighted by Crippen LogP contribution is 2.42. The van der Waals surface area contributed by atoms with Crippen LogP contribution >= 0.6 is 11.7 Å². The number of carbonyl (C=O) groups is 2. The summed E-state index contributed by atoms with van der Waals surface area (Å²) in [4.78, 5) is 35.2. The van der Waals surface area contributed by atoms with Crippen molar-refractivity contribution in [3.05, 3.63) is 84.2 Å². The molecule has 9 nitrogen and oxygen atoms in total. The number of imidazole rings is 1. The van der Waals surface area contributed by atoms with E-state index in [2.05, 4.69) is 18.7 Å². The molecule has 0 saturated heterocycles. The standard InChI is InChI=1S/C26H15N5O4S/c32-25(33)16-5-1-13(2-6-16)18-20-21(29-24(28-20)15-9-11-27-12-10-15)19(23-22(18)30-36-31-23)14-3-7-17(8-4-14)26(34)35/h1-12H,(H,28,29)(H,32,33)(H,34,35). The van der Waals surface area contributed by atoms with E-state index < -0.39 is 11.9 Å². The average Bonchev–Trinajstić information content (AvgIpc) is 3.55. The number of rotatable bonds is 5. The average molecular weight is 494 g/mol. The molecule has 0 aliphatic heterocycles. The first-order valence-electron chi connectivity index (χ1n) is 10.8. The number of pyridine rings is 1. The molecule has 3 heterocycles. The number of nitrogens with one attached hydrogen (secondary N) is 1. The molecule has 3 aromatic heterocycles. The first-order valence-corrected chi connectivity index (χ1v) is 11.5. The number of H-pyrrole nitrogens is 1. The van der Waals surface area contributed by atoms with Crippen molar-refractivity contribution in [1.29, 1.82) is 0 Å². The van der Waals surface area contributed by atoms with Crippen LogP contribution in [0.5, 0.6) is 0 Å². The number of aromatic carboxylic acids is 2. The molecule has 0 saturated carbocycles. The second-order valence-corrected chi connectivity index (χ2v) is 8.55. The lowest BCUT2D eigenvalue weighted by atomic mass is 9.94. The fourth-order valence-corrected chi connectivity index (χ4v) is 4.80. The number of fused-ring (bicyclic) bond motifs is 2. The van der Waals surface area contributed by atoms with E-state index in [0.29, 0.717) is 27.9 Å². The molecular formula is C26H15N5O4S. The zero-order valence-electron chi connectivity index (χ0n) is 18.3. The molecular weight excluding hydrogens is 478 g/mol. The maximum absolute atomic E-state index is 11.4. The SMILES string of the molecule is O=C(O)c1ccc(-c2c3nsnc3c(-c3ccc(C(=O)O)cc3)c3[nH]c(-c4ccncc4)nc23)cc1. The summed E-state index contributed by atoms with van der Waals surface area (Å²) in [6.45, 7) is 0. The number of hydrogen-bond acceptors (Lipinski definition) is 7. The Hall–Kier alpha value is -4.96. The maximum atomic E-state index is 11.4. The van der Waals surface area contributed by atoms with Crippen LogP contribution in [0.1, 0.15) is 20.7 Å². The smallest absolute Gasteiger partial charge is 0.335 e. The van der Waals surface area contributed by atoms with Gasteiger partial charge in [-0.2, -0.15) is 8.75 Å². The number of aromatic amines is 1. The van der Waals surface area contributed by atoms with Gasteiger partial charge in [-0.3, -0.25) is 4.98 Å². The van der Waals surface area contributed by atoms with Crippen LogP contribution in [0.4, 0.5) is 0 Å². The van der Waals surface area contributed by atoms with Gasteiger partial charge in [-0.25, -0.2) is 14.6 Å². The Morgan fingerprint density at radius 3 is 1.75 bits per heavy atom. The van der Waals surface area contributed by atoms with E-state index in [-0.39, 0.29) is 11.1 Å². The molecule has 6 aromatic rings. The zero-order chi connectivity index (χ0) is 24.8. The van der Waals surface area contributed by atoms with Gasteiger partial charge in [-0.05, 0) is 47.5 Å². The first kappa shape index (κ1) is 21.6. The van der Waals surface area contributed by atoms with Gasteiger partial charge in [-0.15, -0.1) is 0 Å². The van der Waals surface area contributed by atoms with Gasteiger partial charge in [0.15, 0.2) is 0 Å². The largest absolute Gasteiger partial charge is 0.478 e. The van der Waals surface area contributed by atoms with E-state index in [1.165, 1.54) is 0 Å². The number of aromatic nitrogens is 5. The number of carboxylic acid groups (broad SMARTS) is 2. The van der Waals surface area contributed by atoms with Crippen LogP contribution in [-0.4, -0.2) is 45.9 Å². The fraction of sp³-hybridized carbons (Fsp3) is 0. The second-order valence-electron chi connectivity index (χ2n) is 8.02. The predicted molar refractivity (Wildman–Crippen MR) is 135 cm³/mol. The van der Waals surface area contributed by atoms with Crippen LogP contribution in [0.15, 0.2) is 73.1 Å². The minimum atomic E-state index is -1.01. The Morgan fingerprint density at radius 1 is 0.667 bits per heavy atom. The van der Waals surface area contributed by atoms with Crippen LogP contribution in [0.25, 0.3) is 55.7 Å². The molecule has 10 heteroatoms. The predicted octanol–water partition coefficient (Wildman–Crippen LogP) is 5.36. The van der Waals surface area contributed by atoms with Crippen molar-refractivity contribution >= 4 is 45.7 Å². The molecule has 0 bridgehead atoms. The van der Waals surface area contributed by atoms with Crippen LogP contribution in [0, 0.1) is 0 Å². The summed E-state index contributed by atoms with van der Waals surface area (Å²) < 4.78 is 9.15. The molecule has 0 spiro atoms. The summed E-state index contributed by atoms with van der Waals surface area (Å²) in [5, 5.41) is 18.6. The topological polar surface area (TPSA) is 142 Å². The van der Waals surface area contributed by atoms with Gasteiger partial charge in [0.1, 0.15) is 16.9 Å². The summed E-state index contributed by atoms with van der Waals surface area (Å²) in [5.41, 5.74) is 6.81. The Balaban J connectivity index is 1.68. The van der Waals surface area contributed by atoms with Gasteiger partial charge in [0.05, 0.1) is 33.9 Å². The van der Waals surface area contributed by atoms with Crippen molar-refractivity contribution in [2.24, 2.45) is 0 Å². The molecule has 0 amide bonds. The van der Waals surface area contributed by atoms with E-state index in [0.717, 1.165) is 39.5 Å². The second kappa shape index (κ2) is 8.36. The summed E-state index contributed by atoms with van der Waals surface area (Å²) in [7, 11) is 0. The van der Waals surface area contributed by atoms with Crippen molar-refractivity contribution in [2.45, 2.75) is 0 Å². The molecule has 6 rings (SSSR count). The lowest BCUT2D eigenvalue weighted by molar-refractivity contribution is 0.0686. The molecule has 0 fully saturated rings. The Labute approximate surface area is 207 Å². The third-order valence-corrected chi connectivity index (χ3v) is 6.48. The van der Waals surface area contributed by atoms with E-state index in [4.69, 9.17) is 4.98 Å². The lowest BCUT2D eigenvalue weighted by Crippen LogP contribution is -1.96. The quantitative estimate of drug-likeness (QED) is 0.291. The van der Waals surface area contributed by atoms with Crippen molar-refractivity contribution < 1.29 is 19.8 Å². The first-order chi connectivity index (χ1) is 17.5. The Morgan fingerprint density at radius 2 is 1.19 bits per heavy atom. The molecule has 0 aliphatic carbocycles. The minimum absolute atomic E-state index is 0.178. The van der Waals surface area contributed by atoms with Gasteiger partial charge in [0, 0.05) is 29.1 Å². The van der Waals surface area contributed by atoms with Crippen molar-refractivity contribution in [1.82, 2.24) is 23.7 Å². The van der Waals surface area contributed by atoms with E-state index in [1.807, 2.05) is 12.1 Å². The Bertz CT molecular complexity index is 1670. The summed E-state index contributed by atoms with van der Waals surface area (Å²) >= 11 is 1.06. The Kier molecular flexibility index (Phi) is 5.01. The third-order valence-electron chi connectivity index (χ3n) is 5.95. The van der Waals surface area contributed by atoms with Crippen molar-refractivity contribution in [3.63, 3.8) is 0 Å². The highest BCUT2D eigenvalue weighted by atomic mass is 32.1. The third kappa shape index (κ3) is 3.48. The van der Waals surface area contributed by atoms with E-state index in [9.17, 15) is 19.8 Å². The maximum Gasteiger partial charge on any atom is 0.335 e. The molecule has 0 atom stereocenters. The molecule has 0 unspecified atom stereocenters. The number of benzene rings is 3. The molecule has 3 aromatic carbocycles. The number of nitrogens with zero attached hydrogens (tertiary/aromatic N) is 4. The van der Waals surface area contributed by atoms with Gasteiger partial charge in [0.25, 0.3) is 0 Å². The fourth-order valence-electron chi connectivity index (χ4n) is 4.24. The molecule has 3 N–H and O–H groups in total. The molecule has 36 heavy (non-hydrogen) atoms. The number of carboxylic acids is 2. The van der Waals surface area contributed by atoms with Gasteiger partial charge >= 0.3 is 11.9 Å². The van der Waals surface area contributed by atoms with E-state index >= 15 is 0 Å². The molecule has 174 valence electrons. The van der Waals surface area contributed by atoms with Crippen LogP contribution in [0.3, 0.4) is 0 Å². The zero-order valence-corrected chi connectivity index (χ0v) is 19.2. The molecule has 0 radical (unpaired) electrons. The van der Waals surface area contributed by atoms with Crippen LogP contribution in [-0.2, 0) is 0 Å². The number of hydrogen-bond donors (Lipinski definition) is 3. The highest BCUT2D eigenvalue weighted by molar-refractivity contribution is 7.00. The monoisotopic (exact) mass is 493 g/mol. The van der Waals surface area contributed by atoms with Crippen LogP contribution in [0.2, 0.25) is 0 Å². The van der Waals surface area contributed by atoms with Crippen molar-refractivity contribution in [2.75, 3.05) is 0 Å². The van der Waals surface area contributed by atoms with Crippen molar-refractivity contribution in [3.8, 4) is 33.6 Å². The summed E-state index contributed by atoms with van der Waals surface area (Å²) in [5.74, 6) is -1.39. The minimum Gasteiger partial charge on any atom is -0.478 e. The lowest BCUT2D eigenvalue weighted by Gasteiger charge is -2.10. The summed E-state index contributed by atoms with van der Waals surface area (Å²) in [6, 6.07) is 16.8. The van der Waals surface area contributed by atoms with E-state index in [1.54, 1.807) is 60.9 Å². The normalized spacial score (nSPS) is 11.2. The molecule has 0 aliphatic rings. The highest BCUT2D eigenvalue weighted by Gasteiger charge is 2.23. The van der Waals surface area contributed by atoms with Crippen LogP contribution < -0.4 is 0 Å².